The van der Waals surface area contributed by atoms with Crippen LogP contribution in [0.4, 0.5) is 11.4 Å². The molecule has 1 saturated carbocycles. The molecule has 6 nitrogen and oxygen atoms in total. The smallest absolute Gasteiger partial charge is 0.294 e. The highest BCUT2D eigenvalue weighted by Gasteiger charge is 2.37. The molecular weight excluding hydrogens is 294 g/mol. The molecule has 3 rings (SSSR count). The minimum absolute atomic E-state index is 0.0103. The fourth-order valence-corrected chi connectivity index (χ4v) is 2.91. The average molecular weight is 310 g/mol. The summed E-state index contributed by atoms with van der Waals surface area (Å²) < 4.78 is 0. The maximum absolute atomic E-state index is 12.4. The lowest BCUT2D eigenvalue weighted by Gasteiger charge is -2.27. The molecular formula is C14H16ClN3O3. The van der Waals surface area contributed by atoms with Gasteiger partial charge in [-0.1, -0.05) is 11.6 Å². The molecule has 1 atom stereocenters. The van der Waals surface area contributed by atoms with E-state index in [-0.39, 0.29) is 23.6 Å². The van der Waals surface area contributed by atoms with Gasteiger partial charge in [0.15, 0.2) is 0 Å². The van der Waals surface area contributed by atoms with Crippen LogP contribution in [0.2, 0.25) is 5.02 Å². The standard InChI is InChI=1S/C14H16ClN3O3/c1-8-6-16-13-10(4-11(15)5-12(13)18(20)21)7-17(8)14(19)9-2-3-9/h4-5,8-9,16H,2-3,6-7H2,1H3/t8-/m0/s1. The second kappa shape index (κ2) is 5.18. The van der Waals surface area contributed by atoms with Crippen LogP contribution in [0, 0.1) is 16.0 Å². The summed E-state index contributed by atoms with van der Waals surface area (Å²) in [4.78, 5) is 24.9. The van der Waals surface area contributed by atoms with Crippen LogP contribution in [0.3, 0.4) is 0 Å². The number of amides is 1. The van der Waals surface area contributed by atoms with Gasteiger partial charge in [0.25, 0.3) is 5.69 Å². The molecule has 1 heterocycles. The van der Waals surface area contributed by atoms with Crippen LogP contribution in [0.1, 0.15) is 25.3 Å². The first-order valence-electron chi connectivity index (χ1n) is 6.98. The largest absolute Gasteiger partial charge is 0.377 e. The third-order valence-electron chi connectivity index (χ3n) is 4.02. The third-order valence-corrected chi connectivity index (χ3v) is 4.24. The Balaban J connectivity index is 1.99. The molecule has 1 aliphatic carbocycles. The fraction of sp³-hybridized carbons (Fsp3) is 0.500. The van der Waals surface area contributed by atoms with Crippen LogP contribution >= 0.6 is 11.6 Å². The van der Waals surface area contributed by atoms with Crippen molar-refractivity contribution in [2.24, 2.45) is 5.92 Å². The van der Waals surface area contributed by atoms with E-state index < -0.39 is 4.92 Å². The Bertz CT molecular complexity index is 616. The molecule has 1 aromatic carbocycles. The Labute approximate surface area is 127 Å². The van der Waals surface area contributed by atoms with E-state index in [0.29, 0.717) is 29.4 Å². The van der Waals surface area contributed by atoms with Gasteiger partial charge in [0.05, 0.1) is 4.92 Å². The first kappa shape index (κ1) is 14.1. The number of nitro groups is 1. The number of anilines is 1. The summed E-state index contributed by atoms with van der Waals surface area (Å²) in [6.07, 6.45) is 1.88. The summed E-state index contributed by atoms with van der Waals surface area (Å²) in [7, 11) is 0. The van der Waals surface area contributed by atoms with Crippen LogP contribution in [-0.4, -0.2) is 28.3 Å². The monoisotopic (exact) mass is 309 g/mol. The molecule has 21 heavy (non-hydrogen) atoms. The van der Waals surface area contributed by atoms with Gasteiger partial charge in [-0.2, -0.15) is 0 Å². The predicted octanol–water partition coefficient (Wildman–Crippen LogP) is 2.80. The molecule has 1 N–H and O–H groups in total. The number of benzene rings is 1. The summed E-state index contributed by atoms with van der Waals surface area (Å²) >= 11 is 5.98. The summed E-state index contributed by atoms with van der Waals surface area (Å²) in [6, 6.07) is 3.03. The zero-order valence-electron chi connectivity index (χ0n) is 11.6. The maximum Gasteiger partial charge on any atom is 0.294 e. The van der Waals surface area contributed by atoms with E-state index >= 15 is 0 Å². The molecule has 1 aromatic rings. The van der Waals surface area contributed by atoms with Crippen molar-refractivity contribution in [2.75, 3.05) is 11.9 Å². The lowest BCUT2D eigenvalue weighted by Crippen LogP contribution is -2.40. The molecule has 1 amide bonds. The Hall–Kier alpha value is -1.82. The molecule has 0 aromatic heterocycles. The number of nitrogens with one attached hydrogen (secondary N) is 1. The van der Waals surface area contributed by atoms with Crippen molar-refractivity contribution in [3.63, 3.8) is 0 Å². The second-order valence-electron chi connectivity index (χ2n) is 5.69. The lowest BCUT2D eigenvalue weighted by atomic mass is 10.1. The minimum Gasteiger partial charge on any atom is -0.377 e. The highest BCUT2D eigenvalue weighted by atomic mass is 35.5. The maximum atomic E-state index is 12.4. The van der Waals surface area contributed by atoms with Crippen LogP contribution in [-0.2, 0) is 11.3 Å². The summed E-state index contributed by atoms with van der Waals surface area (Å²) in [6.45, 7) is 2.81. The number of hydrogen-bond acceptors (Lipinski definition) is 4. The lowest BCUT2D eigenvalue weighted by molar-refractivity contribution is -0.384. The van der Waals surface area contributed by atoms with Crippen molar-refractivity contribution in [1.82, 2.24) is 4.90 Å². The van der Waals surface area contributed by atoms with Gasteiger partial charge in [-0.15, -0.1) is 0 Å². The Morgan fingerprint density at radius 3 is 2.81 bits per heavy atom. The number of hydrogen-bond donors (Lipinski definition) is 1. The number of carbonyl (C=O) groups excluding carboxylic acids is 1. The molecule has 0 saturated heterocycles. The van der Waals surface area contributed by atoms with Crippen LogP contribution < -0.4 is 5.32 Å². The van der Waals surface area contributed by atoms with E-state index in [2.05, 4.69) is 5.32 Å². The molecule has 0 unspecified atom stereocenters. The first-order chi connectivity index (χ1) is 9.97. The van der Waals surface area contributed by atoms with E-state index in [1.807, 2.05) is 6.92 Å². The van der Waals surface area contributed by atoms with Crippen molar-refractivity contribution in [2.45, 2.75) is 32.4 Å². The van der Waals surface area contributed by atoms with Crippen LogP contribution in [0.5, 0.6) is 0 Å². The molecule has 1 aliphatic heterocycles. The quantitative estimate of drug-likeness (QED) is 0.673. The molecule has 7 heteroatoms. The van der Waals surface area contributed by atoms with E-state index in [1.165, 1.54) is 6.07 Å². The highest BCUT2D eigenvalue weighted by Crippen LogP contribution is 2.37. The van der Waals surface area contributed by atoms with Crippen molar-refractivity contribution >= 4 is 28.9 Å². The van der Waals surface area contributed by atoms with Crippen LogP contribution in [0.25, 0.3) is 0 Å². The zero-order valence-corrected chi connectivity index (χ0v) is 12.4. The Kier molecular flexibility index (Phi) is 3.49. The van der Waals surface area contributed by atoms with Crippen molar-refractivity contribution in [1.29, 1.82) is 0 Å². The Morgan fingerprint density at radius 2 is 2.19 bits per heavy atom. The summed E-state index contributed by atoms with van der Waals surface area (Å²) in [5.74, 6) is 0.267. The first-order valence-corrected chi connectivity index (χ1v) is 7.36. The number of halogens is 1. The van der Waals surface area contributed by atoms with E-state index in [4.69, 9.17) is 11.6 Å². The molecule has 1 fully saturated rings. The second-order valence-corrected chi connectivity index (χ2v) is 6.12. The van der Waals surface area contributed by atoms with Gasteiger partial charge in [-0.05, 0) is 25.8 Å². The number of nitrogens with zero attached hydrogens (tertiary/aromatic N) is 2. The van der Waals surface area contributed by atoms with Crippen LogP contribution in [0.15, 0.2) is 12.1 Å². The SMILES string of the molecule is C[C@H]1CNc2c(cc(Cl)cc2[N+](=O)[O-])CN1C(=O)C1CC1. The number of nitro benzene ring substituents is 1. The molecule has 112 valence electrons. The number of fused-ring (bicyclic) bond motifs is 1. The van der Waals surface area contributed by atoms with Gasteiger partial charge >= 0.3 is 0 Å². The zero-order chi connectivity index (χ0) is 15.1. The predicted molar refractivity (Wildman–Crippen MR) is 79.3 cm³/mol. The summed E-state index contributed by atoms with van der Waals surface area (Å²) in [5.41, 5.74) is 1.14. The van der Waals surface area contributed by atoms with Gasteiger partial charge in [-0.3, -0.25) is 14.9 Å². The van der Waals surface area contributed by atoms with E-state index in [9.17, 15) is 14.9 Å². The van der Waals surface area contributed by atoms with Gasteiger partial charge in [0, 0.05) is 41.7 Å². The Morgan fingerprint density at radius 1 is 1.48 bits per heavy atom. The average Bonchev–Trinajstić information content (AvgIpc) is 3.25. The van der Waals surface area contributed by atoms with Crippen molar-refractivity contribution in [3.8, 4) is 0 Å². The third kappa shape index (κ3) is 2.68. The summed E-state index contributed by atoms with van der Waals surface area (Å²) in [5, 5.41) is 14.6. The highest BCUT2D eigenvalue weighted by molar-refractivity contribution is 6.31. The molecule has 2 aliphatic rings. The molecule has 0 spiro atoms. The molecule has 0 radical (unpaired) electrons. The fourth-order valence-electron chi connectivity index (χ4n) is 2.68. The number of rotatable bonds is 2. The van der Waals surface area contributed by atoms with Crippen molar-refractivity contribution in [3.05, 3.63) is 32.8 Å². The van der Waals surface area contributed by atoms with E-state index in [0.717, 1.165) is 12.8 Å². The van der Waals surface area contributed by atoms with Gasteiger partial charge in [0.1, 0.15) is 5.69 Å². The number of carbonyl (C=O) groups is 1. The minimum atomic E-state index is -0.444. The normalized spacial score (nSPS) is 21.2. The van der Waals surface area contributed by atoms with Gasteiger partial charge in [-0.25, -0.2) is 0 Å². The van der Waals surface area contributed by atoms with E-state index in [1.54, 1.807) is 11.0 Å². The molecule has 0 bridgehead atoms. The topological polar surface area (TPSA) is 75.5 Å². The van der Waals surface area contributed by atoms with Gasteiger partial charge in [0.2, 0.25) is 5.91 Å². The van der Waals surface area contributed by atoms with Crippen molar-refractivity contribution < 1.29 is 9.72 Å². The van der Waals surface area contributed by atoms with Gasteiger partial charge < -0.3 is 10.2 Å².